The molecule has 3 heterocycles. The van der Waals surface area contributed by atoms with Gasteiger partial charge in [0.25, 0.3) is 6.29 Å². The molecule has 0 N–H and O–H groups in total. The molecule has 0 unspecified atom stereocenters. The molecule has 5 rings (SSSR count). The zero-order valence-electron chi connectivity index (χ0n) is 16.9. The van der Waals surface area contributed by atoms with Gasteiger partial charge in [0, 0.05) is 24.0 Å². The van der Waals surface area contributed by atoms with Crippen molar-refractivity contribution in [2.24, 2.45) is 11.3 Å². The lowest BCUT2D eigenvalue weighted by molar-refractivity contribution is -0.155. The molecule has 5 aliphatic rings. The molecule has 0 aromatic heterocycles. The summed E-state index contributed by atoms with van der Waals surface area (Å²) in [6.07, 6.45) is 3.37. The third kappa shape index (κ3) is 2.21. The second kappa shape index (κ2) is 5.62. The van der Waals surface area contributed by atoms with E-state index in [1.165, 1.54) is 19.3 Å². The highest BCUT2D eigenvalue weighted by Crippen LogP contribution is 2.76. The summed E-state index contributed by atoms with van der Waals surface area (Å²) in [5, 5.41) is 0. The van der Waals surface area contributed by atoms with Crippen LogP contribution >= 0.6 is 0 Å². The quantitative estimate of drug-likeness (QED) is 0.231. The van der Waals surface area contributed by atoms with Crippen LogP contribution in [0.2, 0.25) is 0 Å². The predicted molar refractivity (Wildman–Crippen MR) is 95.9 cm³/mol. The molecule has 156 valence electrons. The Kier molecular flexibility index (Phi) is 3.62. The Morgan fingerprint density at radius 3 is 2.62 bits per heavy atom. The molecule has 4 fully saturated rings. The van der Waals surface area contributed by atoms with Gasteiger partial charge in [-0.1, -0.05) is 13.8 Å². The largest absolute Gasteiger partial charge is 0.459 e. The smallest absolute Gasteiger partial charge is 0.338 e. The number of carbonyl (C=O) groups excluding carboxylic acids is 3. The van der Waals surface area contributed by atoms with Gasteiger partial charge in [0.1, 0.15) is 23.4 Å². The van der Waals surface area contributed by atoms with Crippen molar-refractivity contribution in [2.75, 3.05) is 0 Å². The standard InChI is InChI=1S/C21H24O8/c1-10-8-13(27-17(10)23)25-9-12-14-15(26-11(2)22)20-7-5-6-19(3,4)21(20,29-20)16(14)28-18(12)24/h8-9,13-16H,5-7H2,1-4H3/b12-9+/t13-,14-,15-,16-,20-,21-/m1/s1. The monoisotopic (exact) mass is 404 g/mol. The molecule has 0 bridgehead atoms. The van der Waals surface area contributed by atoms with Crippen molar-refractivity contribution in [3.8, 4) is 0 Å². The molecular weight excluding hydrogens is 380 g/mol. The van der Waals surface area contributed by atoms with Crippen LogP contribution < -0.4 is 0 Å². The van der Waals surface area contributed by atoms with E-state index in [9.17, 15) is 14.4 Å². The van der Waals surface area contributed by atoms with Crippen molar-refractivity contribution in [3.05, 3.63) is 23.5 Å². The van der Waals surface area contributed by atoms with Gasteiger partial charge in [0.05, 0.1) is 17.8 Å². The van der Waals surface area contributed by atoms with Gasteiger partial charge in [0.15, 0.2) is 0 Å². The van der Waals surface area contributed by atoms with E-state index < -0.39 is 53.5 Å². The number of ether oxygens (including phenoxy) is 5. The van der Waals surface area contributed by atoms with Crippen LogP contribution in [0.3, 0.4) is 0 Å². The van der Waals surface area contributed by atoms with E-state index >= 15 is 0 Å². The highest BCUT2D eigenvalue weighted by Gasteiger charge is 2.92. The molecular formula is C21H24O8. The van der Waals surface area contributed by atoms with Crippen molar-refractivity contribution >= 4 is 17.9 Å². The summed E-state index contributed by atoms with van der Waals surface area (Å²) in [4.78, 5) is 36.1. The summed E-state index contributed by atoms with van der Waals surface area (Å²) in [5.41, 5.74) is -0.835. The van der Waals surface area contributed by atoms with Crippen LogP contribution in [0.5, 0.6) is 0 Å². The van der Waals surface area contributed by atoms with Gasteiger partial charge in [-0.2, -0.15) is 0 Å². The van der Waals surface area contributed by atoms with E-state index in [2.05, 4.69) is 13.8 Å². The zero-order chi connectivity index (χ0) is 20.8. The predicted octanol–water partition coefficient (Wildman–Crippen LogP) is 1.92. The van der Waals surface area contributed by atoms with E-state index in [1.807, 2.05) is 0 Å². The summed E-state index contributed by atoms with van der Waals surface area (Å²) in [7, 11) is 0. The van der Waals surface area contributed by atoms with Crippen molar-refractivity contribution < 1.29 is 38.1 Å². The Morgan fingerprint density at radius 2 is 1.97 bits per heavy atom. The average Bonchev–Trinajstić information content (AvgIpc) is 2.99. The van der Waals surface area contributed by atoms with Gasteiger partial charge in [0.2, 0.25) is 0 Å². The van der Waals surface area contributed by atoms with Gasteiger partial charge in [-0.05, 0) is 26.2 Å². The fourth-order valence-corrected chi connectivity index (χ4v) is 5.97. The van der Waals surface area contributed by atoms with Crippen LogP contribution in [0.4, 0.5) is 0 Å². The summed E-state index contributed by atoms with van der Waals surface area (Å²) >= 11 is 0. The molecule has 2 saturated carbocycles. The number of rotatable bonds is 3. The molecule has 0 aromatic carbocycles. The number of fused-ring (bicyclic) bond motifs is 1. The van der Waals surface area contributed by atoms with E-state index in [4.69, 9.17) is 23.7 Å². The highest BCUT2D eigenvalue weighted by atomic mass is 16.7. The second-order valence-corrected chi connectivity index (χ2v) is 9.18. The third-order valence-corrected chi connectivity index (χ3v) is 7.18. The van der Waals surface area contributed by atoms with Gasteiger partial charge < -0.3 is 23.7 Å². The average molecular weight is 404 g/mol. The normalized spacial score (nSPS) is 45.0. The molecule has 29 heavy (non-hydrogen) atoms. The van der Waals surface area contributed by atoms with Gasteiger partial charge >= 0.3 is 17.9 Å². The van der Waals surface area contributed by atoms with Crippen LogP contribution in [-0.2, 0) is 38.1 Å². The van der Waals surface area contributed by atoms with Crippen molar-refractivity contribution in [1.82, 2.24) is 0 Å². The SMILES string of the molecule is CC(=O)O[C@@H]1[C@H]2/C(=C\O[C@H]3C=C(C)C(=O)O3)C(=O)O[C@H]2[C@]23O[C@]12CCCC3(C)C. The number of carbonyl (C=O) groups is 3. The van der Waals surface area contributed by atoms with E-state index in [-0.39, 0.29) is 11.0 Å². The lowest BCUT2D eigenvalue weighted by atomic mass is 9.64. The number of cyclic esters (lactones) is 1. The molecule has 6 atom stereocenters. The summed E-state index contributed by atoms with van der Waals surface area (Å²) < 4.78 is 28.5. The Hall–Kier alpha value is -2.35. The van der Waals surface area contributed by atoms with E-state index in [1.54, 1.807) is 6.92 Å². The molecule has 0 radical (unpaired) electrons. The lowest BCUT2D eigenvalue weighted by Gasteiger charge is -2.38. The number of hydrogen-bond donors (Lipinski definition) is 0. The minimum absolute atomic E-state index is 0.236. The summed E-state index contributed by atoms with van der Waals surface area (Å²) in [6.45, 7) is 7.20. The lowest BCUT2D eigenvalue weighted by Crippen LogP contribution is -2.49. The Labute approximate surface area is 168 Å². The van der Waals surface area contributed by atoms with Crippen LogP contribution in [0.1, 0.15) is 47.0 Å². The first-order valence-corrected chi connectivity index (χ1v) is 9.96. The first-order valence-electron chi connectivity index (χ1n) is 9.96. The van der Waals surface area contributed by atoms with Gasteiger partial charge in [-0.3, -0.25) is 4.79 Å². The fourth-order valence-electron chi connectivity index (χ4n) is 5.97. The molecule has 8 nitrogen and oxygen atoms in total. The van der Waals surface area contributed by atoms with Crippen molar-refractivity contribution in [3.63, 3.8) is 0 Å². The topological polar surface area (TPSA) is 101 Å². The molecule has 0 aromatic rings. The highest BCUT2D eigenvalue weighted by molar-refractivity contribution is 5.93. The van der Waals surface area contributed by atoms with E-state index in [0.717, 1.165) is 19.3 Å². The maximum atomic E-state index is 12.7. The minimum Gasteiger partial charge on any atom is -0.459 e. The fraction of sp³-hybridized carbons (Fsp3) is 0.667. The third-order valence-electron chi connectivity index (χ3n) is 7.18. The van der Waals surface area contributed by atoms with Crippen LogP contribution in [0.25, 0.3) is 0 Å². The van der Waals surface area contributed by atoms with Crippen molar-refractivity contribution in [1.29, 1.82) is 0 Å². The molecule has 8 heteroatoms. The Balaban J connectivity index is 1.51. The van der Waals surface area contributed by atoms with Crippen LogP contribution in [0, 0.1) is 11.3 Å². The van der Waals surface area contributed by atoms with E-state index in [0.29, 0.717) is 5.57 Å². The maximum Gasteiger partial charge on any atom is 0.338 e. The first-order chi connectivity index (χ1) is 13.6. The molecule has 2 saturated heterocycles. The van der Waals surface area contributed by atoms with Crippen LogP contribution in [0.15, 0.2) is 23.5 Å². The van der Waals surface area contributed by atoms with Gasteiger partial charge in [-0.15, -0.1) is 0 Å². The maximum absolute atomic E-state index is 12.7. The Morgan fingerprint density at radius 1 is 1.21 bits per heavy atom. The summed E-state index contributed by atoms with van der Waals surface area (Å²) in [6, 6.07) is 0. The first kappa shape index (κ1) is 18.7. The molecule has 0 spiro atoms. The molecule has 0 amide bonds. The number of hydrogen-bond acceptors (Lipinski definition) is 8. The second-order valence-electron chi connectivity index (χ2n) is 9.18. The molecule has 2 aliphatic carbocycles. The van der Waals surface area contributed by atoms with Gasteiger partial charge in [-0.25, -0.2) is 9.59 Å². The molecule has 3 aliphatic heterocycles. The zero-order valence-corrected chi connectivity index (χ0v) is 16.9. The Bertz CT molecular complexity index is 885. The number of esters is 3. The summed E-state index contributed by atoms with van der Waals surface area (Å²) in [5.74, 6) is -1.90. The minimum atomic E-state index is -0.892. The number of epoxide rings is 1. The van der Waals surface area contributed by atoms with Crippen molar-refractivity contribution in [2.45, 2.75) is 76.7 Å². The van der Waals surface area contributed by atoms with Crippen LogP contribution in [-0.4, -0.2) is 47.6 Å².